The van der Waals surface area contributed by atoms with E-state index in [0.29, 0.717) is 12.6 Å². The van der Waals surface area contributed by atoms with Crippen LogP contribution in [-0.4, -0.2) is 43.8 Å². The van der Waals surface area contributed by atoms with Gasteiger partial charge in [-0.25, -0.2) is 8.78 Å². The van der Waals surface area contributed by atoms with Crippen LogP contribution < -0.4 is 5.32 Å². The van der Waals surface area contributed by atoms with Gasteiger partial charge in [-0.2, -0.15) is 0 Å². The predicted octanol–water partition coefficient (Wildman–Crippen LogP) is 2.99. The van der Waals surface area contributed by atoms with Gasteiger partial charge in [0, 0.05) is 24.7 Å². The van der Waals surface area contributed by atoms with Crippen LogP contribution in [0.2, 0.25) is 0 Å². The zero-order chi connectivity index (χ0) is 15.4. The van der Waals surface area contributed by atoms with Crippen LogP contribution in [-0.2, 0) is 4.74 Å². The molecular formula is C16H24F2N2O. The van der Waals surface area contributed by atoms with Gasteiger partial charge in [0.25, 0.3) is 6.43 Å². The molecule has 0 saturated carbocycles. The molecule has 1 fully saturated rings. The molecule has 118 valence electrons. The molecule has 5 heteroatoms. The van der Waals surface area contributed by atoms with Crippen molar-refractivity contribution in [3.8, 4) is 0 Å². The van der Waals surface area contributed by atoms with Gasteiger partial charge in [0.1, 0.15) is 0 Å². The number of nitrogens with zero attached hydrogens (tertiary/aromatic N) is 1. The highest BCUT2D eigenvalue weighted by Gasteiger charge is 2.34. The molecule has 2 atom stereocenters. The first-order chi connectivity index (χ1) is 10.0. The van der Waals surface area contributed by atoms with Crippen molar-refractivity contribution in [1.29, 1.82) is 0 Å². The Morgan fingerprint density at radius 1 is 1.29 bits per heavy atom. The molecule has 1 N–H and O–H groups in total. The van der Waals surface area contributed by atoms with E-state index in [0.717, 1.165) is 18.7 Å². The number of halogens is 2. The van der Waals surface area contributed by atoms with Crippen molar-refractivity contribution < 1.29 is 13.5 Å². The summed E-state index contributed by atoms with van der Waals surface area (Å²) in [5, 5.41) is 3.15. The van der Waals surface area contributed by atoms with Crippen molar-refractivity contribution in [2.75, 3.05) is 26.7 Å². The maximum Gasteiger partial charge on any atom is 0.263 e. The molecule has 1 heterocycles. The molecule has 1 saturated heterocycles. The summed E-state index contributed by atoms with van der Waals surface area (Å²) in [4.78, 5) is 2.38. The quantitative estimate of drug-likeness (QED) is 0.904. The van der Waals surface area contributed by atoms with E-state index in [2.05, 4.69) is 24.1 Å². The highest BCUT2D eigenvalue weighted by Crippen LogP contribution is 2.32. The Balaban J connectivity index is 2.28. The minimum absolute atomic E-state index is 0.0311. The maximum absolute atomic E-state index is 12.7. The number of rotatable bonds is 5. The Kier molecular flexibility index (Phi) is 5.67. The Labute approximate surface area is 125 Å². The lowest BCUT2D eigenvalue weighted by atomic mass is 9.95. The first-order valence-corrected chi connectivity index (χ1v) is 7.44. The van der Waals surface area contributed by atoms with Crippen molar-refractivity contribution in [3.05, 3.63) is 35.4 Å². The molecule has 1 aliphatic rings. The third-order valence-electron chi connectivity index (χ3n) is 3.99. The topological polar surface area (TPSA) is 24.5 Å². The fourth-order valence-electron chi connectivity index (χ4n) is 2.95. The van der Waals surface area contributed by atoms with Crippen LogP contribution in [0, 0.1) is 0 Å². The Bertz CT molecular complexity index is 434. The number of ether oxygens (including phenoxy) is 1. The molecule has 3 nitrogen and oxygen atoms in total. The third-order valence-corrected chi connectivity index (χ3v) is 3.99. The Morgan fingerprint density at radius 3 is 2.48 bits per heavy atom. The van der Waals surface area contributed by atoms with Crippen LogP contribution in [0.25, 0.3) is 0 Å². The second-order valence-corrected chi connectivity index (χ2v) is 5.71. The van der Waals surface area contributed by atoms with Gasteiger partial charge >= 0.3 is 0 Å². The molecule has 0 amide bonds. The first-order valence-electron chi connectivity index (χ1n) is 7.44. The highest BCUT2D eigenvalue weighted by molar-refractivity contribution is 5.27. The summed E-state index contributed by atoms with van der Waals surface area (Å²) in [6.07, 6.45) is -2.39. The van der Waals surface area contributed by atoms with Gasteiger partial charge in [-0.1, -0.05) is 24.3 Å². The number of likely N-dealkylation sites (N-methyl/N-ethyl adjacent to an activating group) is 1. The molecule has 1 aromatic carbocycles. The zero-order valence-corrected chi connectivity index (χ0v) is 12.9. The van der Waals surface area contributed by atoms with E-state index in [-0.39, 0.29) is 17.7 Å². The van der Waals surface area contributed by atoms with Crippen LogP contribution >= 0.6 is 0 Å². The SMILES string of the molecule is CNCC1OCCN(C(C)C)C1c1ccc(C(F)F)cc1. The summed E-state index contributed by atoms with van der Waals surface area (Å²) in [6.45, 7) is 6.62. The lowest BCUT2D eigenvalue weighted by molar-refractivity contribution is -0.0815. The molecule has 0 aromatic heterocycles. The molecule has 2 unspecified atom stereocenters. The molecule has 0 aliphatic carbocycles. The first kappa shape index (κ1) is 16.3. The Hall–Kier alpha value is -1.04. The monoisotopic (exact) mass is 298 g/mol. The van der Waals surface area contributed by atoms with Gasteiger partial charge in [-0.3, -0.25) is 4.90 Å². The van der Waals surface area contributed by atoms with Crippen molar-refractivity contribution in [1.82, 2.24) is 10.2 Å². The summed E-state index contributed by atoms with van der Waals surface area (Å²) in [5.41, 5.74) is 1.10. The van der Waals surface area contributed by atoms with Gasteiger partial charge in [0.2, 0.25) is 0 Å². The van der Waals surface area contributed by atoms with Gasteiger partial charge < -0.3 is 10.1 Å². The van der Waals surface area contributed by atoms with Crippen molar-refractivity contribution in [3.63, 3.8) is 0 Å². The number of alkyl halides is 2. The van der Waals surface area contributed by atoms with Gasteiger partial charge in [0.05, 0.1) is 18.8 Å². The van der Waals surface area contributed by atoms with Crippen molar-refractivity contribution in [2.45, 2.75) is 38.5 Å². The molecule has 1 aliphatic heterocycles. The summed E-state index contributed by atoms with van der Waals surface area (Å²) in [6, 6.07) is 7.12. The summed E-state index contributed by atoms with van der Waals surface area (Å²) < 4.78 is 31.3. The maximum atomic E-state index is 12.7. The van der Waals surface area contributed by atoms with E-state index in [1.807, 2.05) is 7.05 Å². The number of nitrogens with one attached hydrogen (secondary N) is 1. The second-order valence-electron chi connectivity index (χ2n) is 5.71. The zero-order valence-electron chi connectivity index (χ0n) is 12.9. The van der Waals surface area contributed by atoms with Crippen molar-refractivity contribution >= 4 is 0 Å². The summed E-state index contributed by atoms with van der Waals surface area (Å²) >= 11 is 0. The van der Waals surface area contributed by atoms with Crippen LogP contribution in [0.1, 0.15) is 37.4 Å². The largest absolute Gasteiger partial charge is 0.374 e. The number of benzene rings is 1. The average Bonchev–Trinajstić information content (AvgIpc) is 2.47. The minimum Gasteiger partial charge on any atom is -0.374 e. The highest BCUT2D eigenvalue weighted by atomic mass is 19.3. The van der Waals surface area contributed by atoms with Crippen molar-refractivity contribution in [2.24, 2.45) is 0 Å². The smallest absolute Gasteiger partial charge is 0.263 e. The fourth-order valence-corrected chi connectivity index (χ4v) is 2.95. The Morgan fingerprint density at radius 2 is 1.95 bits per heavy atom. The van der Waals surface area contributed by atoms with Crippen LogP contribution in [0.3, 0.4) is 0 Å². The molecule has 0 bridgehead atoms. The standard InChI is InChI=1S/C16H24F2N2O/c1-11(2)20-8-9-21-14(10-19-3)15(20)12-4-6-13(7-5-12)16(17)18/h4-7,11,14-16,19H,8-10H2,1-3H3. The summed E-state index contributed by atoms with van der Waals surface area (Å²) in [5.74, 6) is 0. The van der Waals surface area contributed by atoms with E-state index in [1.165, 1.54) is 12.1 Å². The van der Waals surface area contributed by atoms with E-state index < -0.39 is 6.43 Å². The van der Waals surface area contributed by atoms with Crippen LogP contribution in [0.15, 0.2) is 24.3 Å². The molecule has 2 rings (SSSR count). The van der Waals surface area contributed by atoms with Crippen LogP contribution in [0.4, 0.5) is 8.78 Å². The summed E-state index contributed by atoms with van der Waals surface area (Å²) in [7, 11) is 1.90. The molecule has 0 radical (unpaired) electrons. The lowest BCUT2D eigenvalue weighted by Gasteiger charge is -2.43. The molecule has 1 aromatic rings. The third kappa shape index (κ3) is 3.78. The van der Waals surface area contributed by atoms with E-state index in [1.54, 1.807) is 12.1 Å². The number of hydrogen-bond acceptors (Lipinski definition) is 3. The van der Waals surface area contributed by atoms with E-state index in [9.17, 15) is 8.78 Å². The van der Waals surface area contributed by atoms with Gasteiger partial charge in [0.15, 0.2) is 0 Å². The normalized spacial score (nSPS) is 24.0. The van der Waals surface area contributed by atoms with Gasteiger partial charge in [-0.05, 0) is 26.5 Å². The van der Waals surface area contributed by atoms with Gasteiger partial charge in [-0.15, -0.1) is 0 Å². The number of morpholine rings is 1. The average molecular weight is 298 g/mol. The second kappa shape index (κ2) is 7.29. The van der Waals surface area contributed by atoms with E-state index >= 15 is 0 Å². The van der Waals surface area contributed by atoms with Crippen LogP contribution in [0.5, 0.6) is 0 Å². The fraction of sp³-hybridized carbons (Fsp3) is 0.625. The minimum atomic E-state index is -2.42. The molecule has 0 spiro atoms. The van der Waals surface area contributed by atoms with E-state index in [4.69, 9.17) is 4.74 Å². The predicted molar refractivity (Wildman–Crippen MR) is 79.6 cm³/mol. The molecule has 21 heavy (non-hydrogen) atoms. The lowest BCUT2D eigenvalue weighted by Crippen LogP contribution is -2.51. The molecular weight excluding hydrogens is 274 g/mol. The number of hydrogen-bond donors (Lipinski definition) is 1.